The van der Waals surface area contributed by atoms with Gasteiger partial charge in [0.1, 0.15) is 0 Å². The normalized spacial score (nSPS) is 27.9. The van der Waals surface area contributed by atoms with E-state index >= 15 is 0 Å². The van der Waals surface area contributed by atoms with Gasteiger partial charge in [0, 0.05) is 13.2 Å². The fourth-order valence-electron chi connectivity index (χ4n) is 1.14. The molecule has 1 atom stereocenters. The number of aliphatic hydroxyl groups is 1. The number of nitrogens with one attached hydrogen (secondary N) is 1. The third kappa shape index (κ3) is 2.64. The van der Waals surface area contributed by atoms with Crippen LogP contribution in [0.2, 0.25) is 0 Å². The van der Waals surface area contributed by atoms with Gasteiger partial charge in [-0.25, -0.2) is 0 Å². The Balaban J connectivity index is 2.15. The van der Waals surface area contributed by atoms with Crippen molar-refractivity contribution in [2.24, 2.45) is 0 Å². The molecule has 3 nitrogen and oxygen atoms in total. The molecule has 1 aliphatic heterocycles. The molecule has 3 heteroatoms. The summed E-state index contributed by atoms with van der Waals surface area (Å²) < 4.78 is 5.42. The van der Waals surface area contributed by atoms with Gasteiger partial charge in [-0.15, -0.1) is 0 Å². The van der Waals surface area contributed by atoms with Gasteiger partial charge in [-0.3, -0.25) is 0 Å². The molecule has 0 bridgehead atoms. The van der Waals surface area contributed by atoms with Crippen LogP contribution in [0.15, 0.2) is 0 Å². The van der Waals surface area contributed by atoms with E-state index in [0.29, 0.717) is 0 Å². The Morgan fingerprint density at radius 2 is 2.40 bits per heavy atom. The summed E-state index contributed by atoms with van der Waals surface area (Å²) in [5.74, 6) is 0. The number of ether oxygens (including phenoxy) is 1. The van der Waals surface area contributed by atoms with Crippen molar-refractivity contribution in [2.75, 3.05) is 26.3 Å². The maximum absolute atomic E-state index is 8.61. The Hall–Kier alpha value is -0.120. The van der Waals surface area contributed by atoms with Crippen LogP contribution in [0.25, 0.3) is 0 Å². The van der Waals surface area contributed by atoms with E-state index in [0.717, 1.165) is 32.5 Å². The van der Waals surface area contributed by atoms with Gasteiger partial charge in [0.05, 0.1) is 12.7 Å². The molecule has 1 fully saturated rings. The van der Waals surface area contributed by atoms with E-state index in [9.17, 15) is 0 Å². The average Bonchev–Trinajstić information content (AvgIpc) is 2.17. The molecule has 60 valence electrons. The van der Waals surface area contributed by atoms with E-state index in [1.165, 1.54) is 0 Å². The number of rotatable bonds is 2. The lowest BCUT2D eigenvalue weighted by Crippen LogP contribution is -2.16. The molecule has 0 aromatic heterocycles. The molecule has 1 unspecified atom stereocenters. The molecule has 0 aromatic carbocycles. The van der Waals surface area contributed by atoms with E-state index < -0.39 is 0 Å². The lowest BCUT2D eigenvalue weighted by molar-refractivity contribution is 0.0459. The van der Waals surface area contributed by atoms with Crippen molar-refractivity contribution >= 4 is 0 Å². The van der Waals surface area contributed by atoms with Gasteiger partial charge in [0.15, 0.2) is 0 Å². The SMILES string of the molecule is OCCC1CCNCCO1. The van der Waals surface area contributed by atoms with Gasteiger partial charge >= 0.3 is 0 Å². The van der Waals surface area contributed by atoms with E-state index in [2.05, 4.69) is 5.32 Å². The zero-order valence-corrected chi connectivity index (χ0v) is 6.18. The van der Waals surface area contributed by atoms with Crippen LogP contribution in [0.5, 0.6) is 0 Å². The first-order chi connectivity index (χ1) is 4.93. The van der Waals surface area contributed by atoms with Gasteiger partial charge in [0.25, 0.3) is 0 Å². The third-order valence-electron chi connectivity index (χ3n) is 1.73. The Kier molecular flexibility index (Phi) is 3.72. The summed E-state index contributed by atoms with van der Waals surface area (Å²) in [4.78, 5) is 0. The molecule has 0 saturated carbocycles. The fraction of sp³-hybridized carbons (Fsp3) is 1.00. The second-order valence-corrected chi connectivity index (χ2v) is 2.54. The highest BCUT2D eigenvalue weighted by Crippen LogP contribution is 2.04. The second-order valence-electron chi connectivity index (χ2n) is 2.54. The number of aliphatic hydroxyl groups excluding tert-OH is 1. The van der Waals surface area contributed by atoms with Crippen molar-refractivity contribution < 1.29 is 9.84 Å². The number of hydrogen-bond donors (Lipinski definition) is 2. The first-order valence-corrected chi connectivity index (χ1v) is 3.86. The molecule has 0 amide bonds. The Morgan fingerprint density at radius 1 is 1.50 bits per heavy atom. The smallest absolute Gasteiger partial charge is 0.0609 e. The van der Waals surface area contributed by atoms with Crippen LogP contribution in [-0.2, 0) is 4.74 Å². The topological polar surface area (TPSA) is 41.5 Å². The molecule has 0 aromatic rings. The fourth-order valence-corrected chi connectivity index (χ4v) is 1.14. The predicted molar refractivity (Wildman–Crippen MR) is 38.9 cm³/mol. The summed E-state index contributed by atoms with van der Waals surface area (Å²) >= 11 is 0. The molecule has 0 radical (unpaired) electrons. The molecule has 10 heavy (non-hydrogen) atoms. The molecule has 1 rings (SSSR count). The van der Waals surface area contributed by atoms with Crippen molar-refractivity contribution in [1.29, 1.82) is 0 Å². The maximum Gasteiger partial charge on any atom is 0.0609 e. The van der Waals surface area contributed by atoms with Gasteiger partial charge < -0.3 is 15.2 Å². The number of hydrogen-bond acceptors (Lipinski definition) is 3. The van der Waals surface area contributed by atoms with Crippen LogP contribution in [0.3, 0.4) is 0 Å². The van der Waals surface area contributed by atoms with Crippen LogP contribution in [-0.4, -0.2) is 37.5 Å². The molecule has 1 saturated heterocycles. The van der Waals surface area contributed by atoms with Crippen LogP contribution in [0, 0.1) is 0 Å². The van der Waals surface area contributed by atoms with Gasteiger partial charge in [0.2, 0.25) is 0 Å². The minimum Gasteiger partial charge on any atom is -0.396 e. The highest BCUT2D eigenvalue weighted by molar-refractivity contribution is 4.63. The first kappa shape index (κ1) is 7.98. The highest BCUT2D eigenvalue weighted by Gasteiger charge is 2.10. The summed E-state index contributed by atoms with van der Waals surface area (Å²) in [6, 6.07) is 0. The third-order valence-corrected chi connectivity index (χ3v) is 1.73. The molecule has 1 heterocycles. The minimum absolute atomic E-state index is 0.241. The summed E-state index contributed by atoms with van der Waals surface area (Å²) in [6.07, 6.45) is 2.09. The van der Waals surface area contributed by atoms with Gasteiger partial charge in [-0.1, -0.05) is 0 Å². The molecule has 0 spiro atoms. The van der Waals surface area contributed by atoms with Crippen molar-refractivity contribution in [3.8, 4) is 0 Å². The lowest BCUT2D eigenvalue weighted by atomic mass is 10.2. The van der Waals surface area contributed by atoms with Gasteiger partial charge in [-0.2, -0.15) is 0 Å². The van der Waals surface area contributed by atoms with Crippen molar-refractivity contribution in [2.45, 2.75) is 18.9 Å². The van der Waals surface area contributed by atoms with E-state index in [-0.39, 0.29) is 12.7 Å². The lowest BCUT2D eigenvalue weighted by Gasteiger charge is -2.11. The van der Waals surface area contributed by atoms with Crippen LogP contribution < -0.4 is 5.32 Å². The quantitative estimate of drug-likeness (QED) is 0.563. The molecular weight excluding hydrogens is 130 g/mol. The van der Waals surface area contributed by atoms with Crippen molar-refractivity contribution in [1.82, 2.24) is 5.32 Å². The first-order valence-electron chi connectivity index (χ1n) is 3.86. The summed E-state index contributed by atoms with van der Waals surface area (Å²) in [6.45, 7) is 2.99. The second kappa shape index (κ2) is 4.66. The van der Waals surface area contributed by atoms with E-state index in [1.807, 2.05) is 0 Å². The Labute approximate surface area is 61.4 Å². The largest absolute Gasteiger partial charge is 0.396 e. The zero-order chi connectivity index (χ0) is 7.23. The monoisotopic (exact) mass is 145 g/mol. The molecule has 1 aliphatic rings. The Morgan fingerprint density at radius 3 is 3.20 bits per heavy atom. The van der Waals surface area contributed by atoms with Crippen LogP contribution >= 0.6 is 0 Å². The summed E-state index contributed by atoms with van der Waals surface area (Å²) in [5.41, 5.74) is 0. The molecule has 2 N–H and O–H groups in total. The molecule has 0 aliphatic carbocycles. The van der Waals surface area contributed by atoms with Crippen molar-refractivity contribution in [3.05, 3.63) is 0 Å². The highest BCUT2D eigenvalue weighted by atomic mass is 16.5. The summed E-state index contributed by atoms with van der Waals surface area (Å²) in [7, 11) is 0. The van der Waals surface area contributed by atoms with Crippen molar-refractivity contribution in [3.63, 3.8) is 0 Å². The summed E-state index contributed by atoms with van der Waals surface area (Å²) in [5, 5.41) is 11.8. The van der Waals surface area contributed by atoms with Gasteiger partial charge in [-0.05, 0) is 19.4 Å². The van der Waals surface area contributed by atoms with Crippen LogP contribution in [0.4, 0.5) is 0 Å². The average molecular weight is 145 g/mol. The Bertz CT molecular complexity index is 79.7. The predicted octanol–water partition coefficient (Wildman–Crippen LogP) is -0.253. The molecular formula is C7H15NO2. The van der Waals surface area contributed by atoms with E-state index in [4.69, 9.17) is 9.84 Å². The maximum atomic E-state index is 8.61. The van der Waals surface area contributed by atoms with E-state index in [1.54, 1.807) is 0 Å². The standard InChI is InChI=1S/C7H15NO2/c9-5-2-7-1-3-8-4-6-10-7/h7-9H,1-6H2. The van der Waals surface area contributed by atoms with Crippen LogP contribution in [0.1, 0.15) is 12.8 Å². The zero-order valence-electron chi connectivity index (χ0n) is 6.18. The minimum atomic E-state index is 0.241.